The van der Waals surface area contributed by atoms with Gasteiger partial charge in [-0.05, 0) is 161 Å². The normalized spacial score (nSPS) is 24.9. The zero-order valence-corrected chi connectivity index (χ0v) is 67.3. The van der Waals surface area contributed by atoms with Crippen LogP contribution in [0.15, 0.2) is 97.2 Å². The summed E-state index contributed by atoms with van der Waals surface area (Å²) in [5, 5.41) is 26.3. The Bertz CT molecular complexity index is 4220. The van der Waals surface area contributed by atoms with Gasteiger partial charge in [0.2, 0.25) is 47.3 Å². The van der Waals surface area contributed by atoms with Crippen LogP contribution < -0.4 is 43.7 Å². The number of ketones is 4. The maximum atomic E-state index is 16.3. The maximum absolute atomic E-state index is 16.3. The molecule has 6 aliphatic heterocycles. The van der Waals surface area contributed by atoms with E-state index in [-0.39, 0.29) is 132 Å². The molecule has 6 N–H and O–H groups in total. The molecule has 0 spiro atoms. The van der Waals surface area contributed by atoms with Gasteiger partial charge in [-0.25, -0.2) is 4.39 Å². The first-order valence-corrected chi connectivity index (χ1v) is 40.2. The second kappa shape index (κ2) is 40.7. The van der Waals surface area contributed by atoms with Crippen LogP contribution >= 0.6 is 0 Å². The lowest BCUT2D eigenvalue weighted by Crippen LogP contribution is -3.00. The number of aromatic nitrogens is 1. The van der Waals surface area contributed by atoms with Crippen LogP contribution in [0.2, 0.25) is 0 Å². The van der Waals surface area contributed by atoms with Gasteiger partial charge in [0.05, 0.1) is 58.6 Å². The summed E-state index contributed by atoms with van der Waals surface area (Å²) in [4.78, 5) is 184. The molecule has 25 nitrogen and oxygen atoms in total. The highest BCUT2D eigenvalue weighted by Gasteiger charge is 2.49. The van der Waals surface area contributed by atoms with Crippen LogP contribution in [0.1, 0.15) is 176 Å². The van der Waals surface area contributed by atoms with Gasteiger partial charge in [-0.1, -0.05) is 80.4 Å². The van der Waals surface area contributed by atoms with Gasteiger partial charge in [-0.15, -0.1) is 0 Å². The van der Waals surface area contributed by atoms with E-state index in [1.807, 2.05) is 35.0 Å². The minimum atomic E-state index is -1.82. The van der Waals surface area contributed by atoms with Gasteiger partial charge < -0.3 is 77.3 Å². The van der Waals surface area contributed by atoms with Gasteiger partial charge in [0.1, 0.15) is 53.9 Å². The fourth-order valence-electron chi connectivity index (χ4n) is 16.3. The van der Waals surface area contributed by atoms with E-state index < -0.39 is 126 Å². The monoisotopic (exact) mass is 1580 g/mol. The summed E-state index contributed by atoms with van der Waals surface area (Å²) in [6.45, 7) is 5.78. The Morgan fingerprint density at radius 1 is 0.690 bits per heavy atom. The van der Waals surface area contributed by atoms with Crippen LogP contribution in [0.3, 0.4) is 0 Å². The van der Waals surface area contributed by atoms with Gasteiger partial charge in [0.15, 0.2) is 11.6 Å². The summed E-state index contributed by atoms with van der Waals surface area (Å²) in [6.07, 6.45) is 3.74. The van der Waals surface area contributed by atoms with Crippen molar-refractivity contribution >= 4 is 81.3 Å². The number of unbranched alkanes of at least 4 members (excludes halogenated alkanes) is 2. The average Bonchev–Trinajstić information content (AvgIpc) is 1.63. The molecule has 2 saturated heterocycles. The lowest BCUT2D eigenvalue weighted by Gasteiger charge is -2.37. The van der Waals surface area contributed by atoms with E-state index >= 15 is 33.2 Å². The number of carbonyl (C=O) groups is 12. The Hall–Kier alpha value is -9.24. The van der Waals surface area contributed by atoms with Crippen LogP contribution in [0.4, 0.5) is 4.39 Å². The average molecular weight is 1580 g/mol. The summed E-state index contributed by atoms with van der Waals surface area (Å²) in [5.74, 6) is -9.60. The number of aryl methyl sites for hydroxylation is 2. The minimum Gasteiger partial charge on any atom is -1.00 e. The standard InChI is InChI=1S/C86H113FN10O15.ClH/c1-55-44-66(100)31-36-77(104)94-40-13-9-8-12-39-93-53-63(68-50-64(87)29-35-72(68)93)48-62-49-73(101)70(90-81(106)69(89-80(55)105)34-30-65(99)21-11-10-14-43-97(4,5)6)47-60-19-15-20-61(45-60)51-88-76(103)54-112-74-37-42-95(84(62)109)79(74)83(108)92-78(56(2)98)82(107)91-71(46-58-27-32-67(111-7)33-28-58)85(110)96-41-17-38-86(96,3)75(102)22-16-18-57-23-25-59(52-94)26-24-57;/h15,19-20,23-29,32-33,35,45,50,53,55-56,62,69-71,74,78-79,98H,8-14,16-18,21-22,30-31,34,36-44,46-49,51-52,54H2,1-7H3,(H4-,88,89,90,91,92,103,105,106,107,108);1H/t55-,56-,62-,69-,70+,71+,74+,78+,79+,86+;/m1./s1. The SMILES string of the molecule is COc1ccc(C[C@@H]2NC(=O)[C@H]([C@@H](C)O)NC(=O)[C@@H]3[C@@H]4CCN3C(=O)[C@H]3CC(=O)[C@H](Cc5cccc(c5)CNC(=O)CO4)NC(=O)[C@@H](CCC(=O)CCCCC[N+](C)(C)C)NC(=O)[C@H](C)CC(=O)CCC(=O)N(CCCCCCn4cc(c5cc(F)ccc54)C3)Cc3ccc(cc3)CCCC(=O)[C@]3(C)CCCN3C2=O)cc1.[Cl-]. The molecule has 0 aliphatic carbocycles. The first-order valence-electron chi connectivity index (χ1n) is 40.2. The van der Waals surface area contributed by atoms with Crippen molar-refractivity contribution in [3.8, 4) is 5.75 Å². The summed E-state index contributed by atoms with van der Waals surface area (Å²) in [6, 6.07) is 18.1. The largest absolute Gasteiger partial charge is 1.00 e. The molecule has 12 bridgehead atoms. The number of hydrogen-bond acceptors (Lipinski definition) is 15. The third-order valence-electron chi connectivity index (χ3n) is 22.8. The number of ether oxygens (including phenoxy) is 2. The molecule has 0 saturated carbocycles. The molecule has 0 unspecified atom stereocenters. The molecule has 27 heteroatoms. The Morgan fingerprint density at radius 2 is 1.42 bits per heavy atom. The number of rotatable bonds is 13. The van der Waals surface area contributed by atoms with Gasteiger partial charge >= 0.3 is 0 Å². The Labute approximate surface area is 668 Å². The van der Waals surface area contributed by atoms with E-state index in [0.717, 1.165) is 35.0 Å². The van der Waals surface area contributed by atoms with Gasteiger partial charge in [-0.2, -0.15) is 0 Å². The van der Waals surface area contributed by atoms with Crippen molar-refractivity contribution < 1.29 is 93.4 Å². The van der Waals surface area contributed by atoms with E-state index in [1.54, 1.807) is 66.4 Å². The third-order valence-corrected chi connectivity index (χ3v) is 22.8. The molecule has 612 valence electrons. The maximum Gasteiger partial charge on any atom is 0.246 e. The summed E-state index contributed by atoms with van der Waals surface area (Å²) in [5.41, 5.74) is 3.27. The number of Topliss-reactive ketones (excluding diaryl/α,β-unsaturated/α-hetero) is 4. The molecule has 5 aromatic rings. The number of aliphatic hydroxyl groups is 1. The lowest BCUT2D eigenvalue weighted by molar-refractivity contribution is -0.870. The van der Waals surface area contributed by atoms with E-state index in [9.17, 15) is 33.9 Å². The fraction of sp³-hybridized carbons (Fsp3) is 0.558. The van der Waals surface area contributed by atoms with Crippen LogP contribution in [0.5, 0.6) is 5.75 Å². The zero-order chi connectivity index (χ0) is 80.4. The molecular formula is C86H114ClFN10O15. The quantitative estimate of drug-likeness (QED) is 0.0711. The summed E-state index contributed by atoms with van der Waals surface area (Å²) < 4.78 is 30.3. The highest BCUT2D eigenvalue weighted by molar-refractivity contribution is 6.00. The number of fused-ring (bicyclic) bond motifs is 16. The Morgan fingerprint density at radius 3 is 2.15 bits per heavy atom. The molecule has 1 aromatic heterocycles. The lowest BCUT2D eigenvalue weighted by atomic mass is 9.88. The molecule has 11 rings (SSSR count). The molecule has 8 amide bonds. The van der Waals surface area contributed by atoms with Crippen molar-refractivity contribution in [2.45, 2.75) is 236 Å². The summed E-state index contributed by atoms with van der Waals surface area (Å²) in [7, 11) is 7.77. The summed E-state index contributed by atoms with van der Waals surface area (Å²) >= 11 is 0. The van der Waals surface area contributed by atoms with Gasteiger partial charge in [-0.3, -0.25) is 57.5 Å². The molecule has 10 atom stereocenters. The van der Waals surface area contributed by atoms with E-state index in [0.29, 0.717) is 110 Å². The van der Waals surface area contributed by atoms with Crippen LogP contribution in [0.25, 0.3) is 10.9 Å². The van der Waals surface area contributed by atoms with Crippen molar-refractivity contribution in [3.63, 3.8) is 0 Å². The number of halogens is 2. The van der Waals surface area contributed by atoms with Crippen LogP contribution in [-0.4, -0.2) is 208 Å². The number of nitrogens with zero attached hydrogens (tertiary/aromatic N) is 5. The molecule has 7 heterocycles. The molecular weight excluding hydrogens is 1470 g/mol. The number of carbonyl (C=O) groups excluding carboxylic acids is 12. The number of hydrogen-bond donors (Lipinski definition) is 6. The number of nitrogens with one attached hydrogen (secondary N) is 5. The Kier molecular flexibility index (Phi) is 31.6. The topological polar surface area (TPSA) is 318 Å². The van der Waals surface area contributed by atoms with E-state index in [1.165, 1.54) is 42.9 Å². The third kappa shape index (κ3) is 24.2. The number of quaternary nitrogens is 1. The fourth-order valence-corrected chi connectivity index (χ4v) is 16.3. The first kappa shape index (κ1) is 87.7. The second-order valence-electron chi connectivity index (χ2n) is 32.7. The van der Waals surface area contributed by atoms with Gasteiger partial charge in [0.25, 0.3) is 0 Å². The van der Waals surface area contributed by atoms with Crippen molar-refractivity contribution in [3.05, 3.63) is 136 Å². The Balaban J connectivity index is 0.0000146. The van der Waals surface area contributed by atoms with Crippen LogP contribution in [0, 0.1) is 17.7 Å². The molecule has 4 aromatic carbocycles. The number of benzene rings is 4. The minimum absolute atomic E-state index is 0. The highest BCUT2D eigenvalue weighted by Crippen LogP contribution is 2.35. The van der Waals surface area contributed by atoms with Crippen molar-refractivity contribution in [1.29, 1.82) is 0 Å². The van der Waals surface area contributed by atoms with Crippen molar-refractivity contribution in [1.82, 2.24) is 45.9 Å². The van der Waals surface area contributed by atoms with Gasteiger partial charge in [0, 0.05) is 120 Å². The second-order valence-corrected chi connectivity index (χ2v) is 32.7. The van der Waals surface area contributed by atoms with Crippen LogP contribution in [-0.2, 0) is 108 Å². The van der Waals surface area contributed by atoms with Crippen molar-refractivity contribution in [2.24, 2.45) is 11.8 Å². The molecule has 6 aliphatic rings. The van der Waals surface area contributed by atoms with E-state index in [2.05, 4.69) is 47.7 Å². The zero-order valence-electron chi connectivity index (χ0n) is 66.5. The first-order chi connectivity index (χ1) is 53.5. The number of methoxy groups -OCH3 is 1. The highest BCUT2D eigenvalue weighted by atomic mass is 35.5. The predicted octanol–water partition coefficient (Wildman–Crippen LogP) is 4.21. The molecule has 2 fully saturated rings. The predicted molar refractivity (Wildman–Crippen MR) is 418 cm³/mol. The number of aliphatic hydroxyl groups excluding tert-OH is 1. The smallest absolute Gasteiger partial charge is 0.246 e. The van der Waals surface area contributed by atoms with Crippen molar-refractivity contribution in [2.75, 3.05) is 61.0 Å². The molecule has 113 heavy (non-hydrogen) atoms. The molecule has 0 radical (unpaired) electrons. The number of amides is 8. The van der Waals surface area contributed by atoms with E-state index in [4.69, 9.17) is 9.47 Å².